The Balaban J connectivity index is 1.55. The van der Waals surface area contributed by atoms with Crippen LogP contribution in [0.3, 0.4) is 0 Å². The van der Waals surface area contributed by atoms with Gasteiger partial charge in [0, 0.05) is 30.8 Å². The predicted octanol–water partition coefficient (Wildman–Crippen LogP) is 3.50. The maximum atomic E-state index is 6.01. The Labute approximate surface area is 153 Å². The number of nitrogens with one attached hydrogen (secondary N) is 1. The maximum absolute atomic E-state index is 6.01. The Morgan fingerprint density at radius 2 is 1.96 bits per heavy atom. The van der Waals surface area contributed by atoms with E-state index < -0.39 is 0 Å². The highest BCUT2D eigenvalue weighted by Crippen LogP contribution is 2.31. The number of nitrogens with zero attached hydrogens (tertiary/aromatic N) is 2. The lowest BCUT2D eigenvalue weighted by atomic mass is 10.0. The average Bonchev–Trinajstić information content (AvgIpc) is 3.18. The molecule has 4 rings (SSSR count). The lowest BCUT2D eigenvalue weighted by Crippen LogP contribution is -2.45. The Morgan fingerprint density at radius 3 is 2.81 bits per heavy atom. The van der Waals surface area contributed by atoms with Crippen LogP contribution in [0.2, 0.25) is 0 Å². The minimum atomic E-state index is 0.229. The molecule has 1 unspecified atom stereocenters. The number of piperazine rings is 1. The number of rotatable bonds is 5. The van der Waals surface area contributed by atoms with Crippen molar-refractivity contribution in [2.24, 2.45) is 0 Å². The van der Waals surface area contributed by atoms with Gasteiger partial charge in [0.15, 0.2) is 5.76 Å². The van der Waals surface area contributed by atoms with Crippen molar-refractivity contribution < 1.29 is 9.15 Å². The van der Waals surface area contributed by atoms with E-state index in [1.807, 2.05) is 48.7 Å². The normalized spacial score (nSPS) is 18.0. The highest BCUT2D eigenvalue weighted by molar-refractivity contribution is 5.55. The van der Waals surface area contributed by atoms with Crippen molar-refractivity contribution in [3.63, 3.8) is 0 Å². The van der Waals surface area contributed by atoms with Gasteiger partial charge < -0.3 is 14.5 Å². The first-order valence-electron chi connectivity index (χ1n) is 8.93. The molecule has 0 saturated carbocycles. The van der Waals surface area contributed by atoms with Gasteiger partial charge in [-0.05, 0) is 6.07 Å². The van der Waals surface area contributed by atoms with E-state index in [0.717, 1.165) is 42.6 Å². The molecule has 2 heterocycles. The summed E-state index contributed by atoms with van der Waals surface area (Å²) in [7, 11) is 1.72. The van der Waals surface area contributed by atoms with E-state index in [1.165, 1.54) is 5.56 Å². The van der Waals surface area contributed by atoms with Gasteiger partial charge in [0.1, 0.15) is 5.75 Å². The van der Waals surface area contributed by atoms with Gasteiger partial charge in [-0.15, -0.1) is 0 Å². The lowest BCUT2D eigenvalue weighted by molar-refractivity contribution is 0.138. The standard InChI is InChI=1S/C21H23N3O2/c1-25-19-10-6-5-9-17(19)18-13-22-11-12-24(18)15-21-23-14-20(26-21)16-7-3-2-4-8-16/h2-10,14,18,22H,11-13,15H2,1H3. The zero-order valence-corrected chi connectivity index (χ0v) is 14.9. The van der Waals surface area contributed by atoms with Gasteiger partial charge in [-0.1, -0.05) is 48.5 Å². The first kappa shape index (κ1) is 16.8. The minimum Gasteiger partial charge on any atom is -0.496 e. The van der Waals surface area contributed by atoms with Crippen LogP contribution in [0.1, 0.15) is 17.5 Å². The van der Waals surface area contributed by atoms with E-state index in [-0.39, 0.29) is 6.04 Å². The number of aromatic nitrogens is 1. The third-order valence-electron chi connectivity index (χ3n) is 4.80. The van der Waals surface area contributed by atoms with E-state index in [1.54, 1.807) is 7.11 Å². The summed E-state index contributed by atoms with van der Waals surface area (Å²) >= 11 is 0. The van der Waals surface area contributed by atoms with E-state index in [0.29, 0.717) is 6.54 Å². The summed E-state index contributed by atoms with van der Waals surface area (Å²) in [5.74, 6) is 2.47. The lowest BCUT2D eigenvalue weighted by Gasteiger charge is -2.36. The van der Waals surface area contributed by atoms with Gasteiger partial charge in [0.25, 0.3) is 0 Å². The SMILES string of the molecule is COc1ccccc1C1CNCCN1Cc1ncc(-c2ccccc2)o1. The summed E-state index contributed by atoms with van der Waals surface area (Å²) in [6, 6.07) is 18.5. The number of oxazole rings is 1. The Bertz CT molecular complexity index is 847. The third-order valence-corrected chi connectivity index (χ3v) is 4.80. The van der Waals surface area contributed by atoms with Crippen LogP contribution in [-0.4, -0.2) is 36.6 Å². The van der Waals surface area contributed by atoms with Gasteiger partial charge in [-0.25, -0.2) is 4.98 Å². The van der Waals surface area contributed by atoms with Crippen molar-refractivity contribution in [1.82, 2.24) is 15.2 Å². The largest absolute Gasteiger partial charge is 0.496 e. The van der Waals surface area contributed by atoms with Crippen LogP contribution in [0.4, 0.5) is 0 Å². The van der Waals surface area contributed by atoms with Crippen LogP contribution in [0.15, 0.2) is 65.2 Å². The summed E-state index contributed by atoms with van der Waals surface area (Å²) in [6.45, 7) is 3.45. The van der Waals surface area contributed by atoms with Crippen LogP contribution in [-0.2, 0) is 6.54 Å². The Kier molecular flexibility index (Phi) is 5.00. The van der Waals surface area contributed by atoms with Gasteiger partial charge in [-0.3, -0.25) is 4.90 Å². The van der Waals surface area contributed by atoms with Crippen LogP contribution in [0.5, 0.6) is 5.75 Å². The first-order valence-corrected chi connectivity index (χ1v) is 8.93. The summed E-state index contributed by atoms with van der Waals surface area (Å²) < 4.78 is 11.6. The summed E-state index contributed by atoms with van der Waals surface area (Å²) in [5.41, 5.74) is 2.24. The quantitative estimate of drug-likeness (QED) is 0.764. The van der Waals surface area contributed by atoms with Crippen LogP contribution in [0, 0.1) is 0 Å². The highest BCUT2D eigenvalue weighted by Gasteiger charge is 2.27. The van der Waals surface area contributed by atoms with Crippen molar-refractivity contribution in [3.05, 3.63) is 72.2 Å². The van der Waals surface area contributed by atoms with Crippen LogP contribution < -0.4 is 10.1 Å². The second-order valence-corrected chi connectivity index (χ2v) is 6.42. The summed E-state index contributed by atoms with van der Waals surface area (Å²) in [6.07, 6.45) is 1.81. The molecule has 1 saturated heterocycles. The van der Waals surface area contributed by atoms with E-state index in [2.05, 4.69) is 27.3 Å². The molecule has 1 aromatic heterocycles. The second-order valence-electron chi connectivity index (χ2n) is 6.42. The predicted molar refractivity (Wildman–Crippen MR) is 101 cm³/mol. The fraction of sp³-hybridized carbons (Fsp3) is 0.286. The smallest absolute Gasteiger partial charge is 0.209 e. The molecule has 5 heteroatoms. The molecule has 26 heavy (non-hydrogen) atoms. The molecule has 0 bridgehead atoms. The zero-order chi connectivity index (χ0) is 17.8. The highest BCUT2D eigenvalue weighted by atomic mass is 16.5. The molecule has 1 fully saturated rings. The third kappa shape index (κ3) is 3.49. The van der Waals surface area contributed by atoms with Crippen LogP contribution in [0.25, 0.3) is 11.3 Å². The number of methoxy groups -OCH3 is 1. The average molecular weight is 349 g/mol. The number of ether oxygens (including phenoxy) is 1. The molecule has 0 amide bonds. The molecular formula is C21H23N3O2. The van der Waals surface area contributed by atoms with Crippen molar-refractivity contribution in [2.75, 3.05) is 26.7 Å². The van der Waals surface area contributed by atoms with E-state index in [4.69, 9.17) is 9.15 Å². The first-order chi connectivity index (χ1) is 12.8. The number of para-hydroxylation sites is 1. The van der Waals surface area contributed by atoms with Gasteiger partial charge in [-0.2, -0.15) is 0 Å². The molecule has 1 atom stereocenters. The minimum absolute atomic E-state index is 0.229. The number of benzene rings is 2. The Morgan fingerprint density at radius 1 is 1.15 bits per heavy atom. The van der Waals surface area contributed by atoms with Gasteiger partial charge in [0.2, 0.25) is 5.89 Å². The van der Waals surface area contributed by atoms with Crippen LogP contribution >= 0.6 is 0 Å². The zero-order valence-electron chi connectivity index (χ0n) is 14.9. The van der Waals surface area contributed by atoms with Crippen molar-refractivity contribution in [1.29, 1.82) is 0 Å². The van der Waals surface area contributed by atoms with Crippen molar-refractivity contribution in [3.8, 4) is 17.1 Å². The molecule has 1 aliphatic heterocycles. The van der Waals surface area contributed by atoms with E-state index >= 15 is 0 Å². The molecule has 1 aliphatic rings. The molecule has 134 valence electrons. The fourth-order valence-electron chi connectivity index (χ4n) is 3.48. The Hall–Kier alpha value is -2.63. The van der Waals surface area contributed by atoms with Gasteiger partial charge in [0.05, 0.1) is 25.9 Å². The van der Waals surface area contributed by atoms with E-state index in [9.17, 15) is 0 Å². The molecule has 1 N–H and O–H groups in total. The molecule has 0 radical (unpaired) electrons. The molecule has 0 aliphatic carbocycles. The monoisotopic (exact) mass is 349 g/mol. The van der Waals surface area contributed by atoms with Crippen molar-refractivity contribution >= 4 is 0 Å². The summed E-state index contributed by atoms with van der Waals surface area (Å²) in [5, 5.41) is 3.48. The van der Waals surface area contributed by atoms with Crippen molar-refractivity contribution in [2.45, 2.75) is 12.6 Å². The molecular weight excluding hydrogens is 326 g/mol. The fourth-order valence-corrected chi connectivity index (χ4v) is 3.48. The molecule has 5 nitrogen and oxygen atoms in total. The number of hydrogen-bond acceptors (Lipinski definition) is 5. The number of hydrogen-bond donors (Lipinski definition) is 1. The second kappa shape index (κ2) is 7.72. The molecule has 2 aromatic carbocycles. The molecule has 0 spiro atoms. The summed E-state index contributed by atoms with van der Waals surface area (Å²) in [4.78, 5) is 6.90. The molecule has 3 aromatic rings. The van der Waals surface area contributed by atoms with Gasteiger partial charge >= 0.3 is 0 Å². The topological polar surface area (TPSA) is 50.5 Å². The maximum Gasteiger partial charge on any atom is 0.209 e.